The lowest BCUT2D eigenvalue weighted by atomic mass is 9.86. The quantitative estimate of drug-likeness (QED) is 0.790. The summed E-state index contributed by atoms with van der Waals surface area (Å²) in [5.41, 5.74) is 7.21. The van der Waals surface area contributed by atoms with Crippen molar-refractivity contribution >= 4 is 11.3 Å². The van der Waals surface area contributed by atoms with Gasteiger partial charge < -0.3 is 11.1 Å². The Balaban J connectivity index is 1.59. The summed E-state index contributed by atoms with van der Waals surface area (Å²) in [5.74, 6) is 0.788. The van der Waals surface area contributed by atoms with E-state index in [9.17, 15) is 0 Å². The molecule has 0 spiro atoms. The van der Waals surface area contributed by atoms with Gasteiger partial charge in [-0.25, -0.2) is 4.98 Å². The Bertz CT molecular complexity index is 337. The Morgan fingerprint density at radius 2 is 2.41 bits per heavy atom. The van der Waals surface area contributed by atoms with E-state index in [1.54, 1.807) is 11.3 Å². The summed E-state index contributed by atoms with van der Waals surface area (Å²) in [4.78, 5) is 4.47. The molecule has 0 saturated heterocycles. The minimum Gasteiger partial charge on any atom is -0.328 e. The zero-order valence-electron chi connectivity index (χ0n) is 10.6. The van der Waals surface area contributed by atoms with Crippen LogP contribution in [0, 0.1) is 12.8 Å². The minimum atomic E-state index is 0.441. The van der Waals surface area contributed by atoms with Crippen molar-refractivity contribution in [2.75, 3.05) is 13.1 Å². The standard InChI is InChI=1S/C13H23N3S/c1-10-16-13(9-17-10)5-6-15-8-11-3-2-4-12(14)7-11/h9,11-12,15H,2-8,14H2,1H3. The Hall–Kier alpha value is -0.450. The number of nitrogens with zero attached hydrogens (tertiary/aromatic N) is 1. The van der Waals surface area contributed by atoms with E-state index in [4.69, 9.17) is 5.73 Å². The van der Waals surface area contributed by atoms with Gasteiger partial charge in [-0.2, -0.15) is 0 Å². The van der Waals surface area contributed by atoms with Gasteiger partial charge in [-0.15, -0.1) is 11.3 Å². The van der Waals surface area contributed by atoms with Crippen LogP contribution in [-0.2, 0) is 6.42 Å². The summed E-state index contributed by atoms with van der Waals surface area (Å²) in [7, 11) is 0. The van der Waals surface area contributed by atoms with E-state index in [2.05, 4.69) is 22.6 Å². The maximum atomic E-state index is 5.99. The highest BCUT2D eigenvalue weighted by Crippen LogP contribution is 2.22. The van der Waals surface area contributed by atoms with Crippen molar-refractivity contribution < 1.29 is 0 Å². The number of nitrogens with two attached hydrogens (primary N) is 1. The summed E-state index contributed by atoms with van der Waals surface area (Å²) in [6.45, 7) is 4.22. The maximum Gasteiger partial charge on any atom is 0.0897 e. The van der Waals surface area contributed by atoms with Crippen LogP contribution in [-0.4, -0.2) is 24.1 Å². The van der Waals surface area contributed by atoms with Crippen LogP contribution in [0.3, 0.4) is 0 Å². The highest BCUT2D eigenvalue weighted by atomic mass is 32.1. The van der Waals surface area contributed by atoms with E-state index in [1.807, 2.05) is 0 Å². The molecule has 2 unspecified atom stereocenters. The van der Waals surface area contributed by atoms with Crippen molar-refractivity contribution in [2.45, 2.75) is 45.1 Å². The summed E-state index contributed by atoms with van der Waals surface area (Å²) >= 11 is 1.74. The fourth-order valence-electron chi connectivity index (χ4n) is 2.56. The van der Waals surface area contributed by atoms with Gasteiger partial charge in [-0.3, -0.25) is 0 Å². The first-order valence-corrected chi connectivity index (χ1v) is 7.49. The number of hydrogen-bond acceptors (Lipinski definition) is 4. The maximum absolute atomic E-state index is 5.99. The van der Waals surface area contributed by atoms with Gasteiger partial charge in [0.25, 0.3) is 0 Å². The molecule has 2 atom stereocenters. The van der Waals surface area contributed by atoms with Crippen LogP contribution in [0.5, 0.6) is 0 Å². The molecule has 1 saturated carbocycles. The van der Waals surface area contributed by atoms with Gasteiger partial charge in [0.1, 0.15) is 0 Å². The molecule has 1 aliphatic carbocycles. The summed E-state index contributed by atoms with van der Waals surface area (Å²) in [6.07, 6.45) is 6.11. The van der Waals surface area contributed by atoms with Crippen LogP contribution in [0.1, 0.15) is 36.4 Å². The van der Waals surface area contributed by atoms with E-state index in [1.165, 1.54) is 36.4 Å². The molecule has 0 bridgehead atoms. The molecule has 1 aromatic rings. The first-order valence-electron chi connectivity index (χ1n) is 6.61. The lowest BCUT2D eigenvalue weighted by Crippen LogP contribution is -2.33. The minimum absolute atomic E-state index is 0.441. The third kappa shape index (κ3) is 4.37. The molecule has 1 aromatic heterocycles. The molecule has 17 heavy (non-hydrogen) atoms. The molecule has 2 rings (SSSR count). The van der Waals surface area contributed by atoms with Gasteiger partial charge in [0.2, 0.25) is 0 Å². The third-order valence-electron chi connectivity index (χ3n) is 3.48. The number of aryl methyl sites for hydroxylation is 1. The highest BCUT2D eigenvalue weighted by Gasteiger charge is 2.18. The third-order valence-corrected chi connectivity index (χ3v) is 4.30. The van der Waals surface area contributed by atoms with Crippen molar-refractivity contribution in [1.82, 2.24) is 10.3 Å². The van der Waals surface area contributed by atoms with Gasteiger partial charge >= 0.3 is 0 Å². The largest absolute Gasteiger partial charge is 0.328 e. The average Bonchev–Trinajstić information content (AvgIpc) is 2.71. The van der Waals surface area contributed by atoms with Crippen LogP contribution in [0.25, 0.3) is 0 Å². The lowest BCUT2D eigenvalue weighted by Gasteiger charge is -2.26. The lowest BCUT2D eigenvalue weighted by molar-refractivity contribution is 0.311. The molecule has 1 heterocycles. The molecule has 1 fully saturated rings. The predicted molar refractivity (Wildman–Crippen MR) is 73.4 cm³/mol. The van der Waals surface area contributed by atoms with Crippen LogP contribution in [0.4, 0.5) is 0 Å². The summed E-state index contributed by atoms with van der Waals surface area (Å²) in [5, 5.41) is 6.87. The second-order valence-electron chi connectivity index (χ2n) is 5.10. The molecular weight excluding hydrogens is 230 g/mol. The Kier molecular flexibility index (Phi) is 4.95. The molecule has 96 valence electrons. The molecule has 0 amide bonds. The van der Waals surface area contributed by atoms with E-state index < -0.39 is 0 Å². The first kappa shape index (κ1) is 13.0. The molecule has 3 N–H and O–H groups in total. The van der Waals surface area contributed by atoms with Crippen LogP contribution < -0.4 is 11.1 Å². The van der Waals surface area contributed by atoms with Crippen LogP contribution in [0.15, 0.2) is 5.38 Å². The monoisotopic (exact) mass is 253 g/mol. The second kappa shape index (κ2) is 6.47. The van der Waals surface area contributed by atoms with Crippen molar-refractivity contribution in [3.63, 3.8) is 0 Å². The smallest absolute Gasteiger partial charge is 0.0897 e. The molecule has 0 radical (unpaired) electrons. The van der Waals surface area contributed by atoms with Crippen molar-refractivity contribution in [2.24, 2.45) is 11.7 Å². The first-order chi connectivity index (χ1) is 8.24. The Morgan fingerprint density at radius 3 is 3.12 bits per heavy atom. The van der Waals surface area contributed by atoms with Gasteiger partial charge in [0.05, 0.1) is 10.7 Å². The summed E-state index contributed by atoms with van der Waals surface area (Å²) in [6, 6.07) is 0.441. The van der Waals surface area contributed by atoms with E-state index in [-0.39, 0.29) is 0 Å². The van der Waals surface area contributed by atoms with Gasteiger partial charge in [0, 0.05) is 24.4 Å². The summed E-state index contributed by atoms with van der Waals surface area (Å²) < 4.78 is 0. The van der Waals surface area contributed by atoms with E-state index in [0.717, 1.165) is 25.4 Å². The van der Waals surface area contributed by atoms with Crippen molar-refractivity contribution in [3.8, 4) is 0 Å². The number of nitrogens with one attached hydrogen (secondary N) is 1. The zero-order chi connectivity index (χ0) is 12.1. The second-order valence-corrected chi connectivity index (χ2v) is 6.17. The Labute approximate surface area is 108 Å². The number of hydrogen-bond donors (Lipinski definition) is 2. The average molecular weight is 253 g/mol. The topological polar surface area (TPSA) is 50.9 Å². The highest BCUT2D eigenvalue weighted by molar-refractivity contribution is 7.09. The SMILES string of the molecule is Cc1nc(CCNCC2CCCC(N)C2)cs1. The zero-order valence-corrected chi connectivity index (χ0v) is 11.4. The fraction of sp³-hybridized carbons (Fsp3) is 0.769. The molecule has 3 nitrogen and oxygen atoms in total. The van der Waals surface area contributed by atoms with Crippen molar-refractivity contribution in [3.05, 3.63) is 16.1 Å². The Morgan fingerprint density at radius 1 is 1.53 bits per heavy atom. The van der Waals surface area contributed by atoms with E-state index in [0.29, 0.717) is 6.04 Å². The molecule has 4 heteroatoms. The molecule has 0 aliphatic heterocycles. The number of thiazole rings is 1. The van der Waals surface area contributed by atoms with E-state index >= 15 is 0 Å². The molecule has 0 aromatic carbocycles. The predicted octanol–water partition coefficient (Wildman–Crippen LogP) is 2.10. The van der Waals surface area contributed by atoms with Gasteiger partial charge in [-0.05, 0) is 38.6 Å². The van der Waals surface area contributed by atoms with Gasteiger partial charge in [-0.1, -0.05) is 6.42 Å². The van der Waals surface area contributed by atoms with Crippen molar-refractivity contribution in [1.29, 1.82) is 0 Å². The number of rotatable bonds is 5. The normalized spacial score (nSPS) is 25.1. The molecule has 1 aliphatic rings. The van der Waals surface area contributed by atoms with Crippen LogP contribution in [0.2, 0.25) is 0 Å². The molecular formula is C13H23N3S. The van der Waals surface area contributed by atoms with Gasteiger partial charge in [0.15, 0.2) is 0 Å². The number of aromatic nitrogens is 1. The fourth-order valence-corrected chi connectivity index (χ4v) is 3.21. The van der Waals surface area contributed by atoms with Crippen LogP contribution >= 0.6 is 11.3 Å².